The number of nitrogens with zero attached hydrogens (tertiary/aromatic N) is 1. The fourth-order valence-electron chi connectivity index (χ4n) is 5.04. The first-order valence-electron chi connectivity index (χ1n) is 11.0. The Kier molecular flexibility index (Phi) is 5.39. The van der Waals surface area contributed by atoms with Crippen LogP contribution in [0.5, 0.6) is 11.5 Å². The number of methoxy groups -OCH3 is 1. The van der Waals surface area contributed by atoms with E-state index in [-0.39, 0.29) is 5.54 Å². The third-order valence-corrected chi connectivity index (χ3v) is 7.84. The van der Waals surface area contributed by atoms with Crippen molar-refractivity contribution in [2.24, 2.45) is 0 Å². The predicted octanol–water partition coefficient (Wildman–Crippen LogP) is 2.71. The Hall–Kier alpha value is -2.55. The summed E-state index contributed by atoms with van der Waals surface area (Å²) in [6.07, 6.45) is 3.27. The summed E-state index contributed by atoms with van der Waals surface area (Å²) in [5, 5.41) is 5.06. The van der Waals surface area contributed by atoms with Gasteiger partial charge in [-0.05, 0) is 60.9 Å². The van der Waals surface area contributed by atoms with Gasteiger partial charge in [0.2, 0.25) is 0 Å². The second kappa shape index (κ2) is 8.10. The van der Waals surface area contributed by atoms with Crippen LogP contribution in [-0.2, 0) is 21.8 Å². The zero-order valence-electron chi connectivity index (χ0n) is 18.5. The van der Waals surface area contributed by atoms with E-state index in [0.717, 1.165) is 50.3 Å². The number of ether oxygens (including phenoxy) is 2. The number of hydrogen-bond acceptors (Lipinski definition) is 6. The van der Waals surface area contributed by atoms with Gasteiger partial charge in [-0.25, -0.2) is 8.42 Å². The lowest BCUT2D eigenvalue weighted by Crippen LogP contribution is -2.49. The second-order valence-corrected chi connectivity index (χ2v) is 10.8. The third-order valence-electron chi connectivity index (χ3n) is 6.71. The molecule has 2 aliphatic heterocycles. The fourth-order valence-corrected chi connectivity index (χ4v) is 5.67. The molecule has 170 valence electrons. The minimum Gasteiger partial charge on any atom is -0.497 e. The maximum absolute atomic E-state index is 11.6. The van der Waals surface area contributed by atoms with E-state index in [4.69, 9.17) is 9.47 Å². The Labute approximate surface area is 188 Å². The average molecular weight is 456 g/mol. The molecule has 3 heterocycles. The molecule has 0 radical (unpaired) electrons. The number of likely N-dealkylation sites (tertiary alicyclic amines) is 1. The van der Waals surface area contributed by atoms with Crippen LogP contribution in [-0.4, -0.2) is 64.5 Å². The Morgan fingerprint density at radius 3 is 2.66 bits per heavy atom. The van der Waals surface area contributed by atoms with Crippen molar-refractivity contribution in [1.82, 2.24) is 15.2 Å². The summed E-state index contributed by atoms with van der Waals surface area (Å²) in [7, 11) is -1.48. The van der Waals surface area contributed by atoms with Gasteiger partial charge < -0.3 is 19.8 Å². The summed E-state index contributed by atoms with van der Waals surface area (Å²) in [6, 6.07) is 12.9. The number of hydrogen-bond donors (Lipinski definition) is 2. The van der Waals surface area contributed by atoms with Gasteiger partial charge in [-0.3, -0.25) is 4.90 Å². The quantitative estimate of drug-likeness (QED) is 0.595. The highest BCUT2D eigenvalue weighted by Gasteiger charge is 2.43. The molecule has 1 aromatic heterocycles. The SMILES string of the molecule is COc1ccc2[nH]c3c(c2c1)CCNC31CCN(CCOc2ccc(S(C)(=O)=O)cc2)C1. The zero-order chi connectivity index (χ0) is 22.3. The van der Waals surface area contributed by atoms with Gasteiger partial charge in [0.25, 0.3) is 0 Å². The molecule has 1 spiro atoms. The number of benzene rings is 2. The minimum atomic E-state index is -3.19. The highest BCUT2D eigenvalue weighted by Crippen LogP contribution is 2.40. The molecule has 1 fully saturated rings. The number of fused-ring (bicyclic) bond motifs is 4. The van der Waals surface area contributed by atoms with Crippen LogP contribution in [0.1, 0.15) is 17.7 Å². The maximum atomic E-state index is 11.6. The van der Waals surface area contributed by atoms with Crippen molar-refractivity contribution in [3.05, 3.63) is 53.7 Å². The van der Waals surface area contributed by atoms with Gasteiger partial charge in [-0.15, -0.1) is 0 Å². The molecule has 1 atom stereocenters. The van der Waals surface area contributed by atoms with Crippen molar-refractivity contribution in [2.45, 2.75) is 23.3 Å². The van der Waals surface area contributed by atoms with Crippen molar-refractivity contribution in [3.8, 4) is 11.5 Å². The molecule has 0 aliphatic carbocycles. The molecular formula is C24H29N3O4S. The van der Waals surface area contributed by atoms with Gasteiger partial charge in [0.15, 0.2) is 9.84 Å². The maximum Gasteiger partial charge on any atom is 0.175 e. The van der Waals surface area contributed by atoms with E-state index in [9.17, 15) is 8.42 Å². The van der Waals surface area contributed by atoms with Crippen LogP contribution in [0.4, 0.5) is 0 Å². The Morgan fingerprint density at radius 1 is 1.12 bits per heavy atom. The van der Waals surface area contributed by atoms with E-state index in [1.165, 1.54) is 22.9 Å². The summed E-state index contributed by atoms with van der Waals surface area (Å²) in [5.74, 6) is 1.58. The molecular weight excluding hydrogens is 426 g/mol. The van der Waals surface area contributed by atoms with E-state index < -0.39 is 9.84 Å². The summed E-state index contributed by atoms with van der Waals surface area (Å²) in [6.45, 7) is 4.28. The number of aromatic nitrogens is 1. The van der Waals surface area contributed by atoms with E-state index >= 15 is 0 Å². The molecule has 5 rings (SSSR count). The molecule has 0 bridgehead atoms. The first-order valence-corrected chi connectivity index (χ1v) is 12.9. The largest absolute Gasteiger partial charge is 0.497 e. The monoisotopic (exact) mass is 455 g/mol. The number of rotatable bonds is 6. The van der Waals surface area contributed by atoms with Gasteiger partial charge >= 0.3 is 0 Å². The average Bonchev–Trinajstić information content (AvgIpc) is 3.36. The van der Waals surface area contributed by atoms with Crippen molar-refractivity contribution in [1.29, 1.82) is 0 Å². The minimum absolute atomic E-state index is 0.0586. The Morgan fingerprint density at radius 2 is 1.91 bits per heavy atom. The van der Waals surface area contributed by atoms with Crippen molar-refractivity contribution < 1.29 is 17.9 Å². The van der Waals surface area contributed by atoms with Crippen molar-refractivity contribution >= 4 is 20.7 Å². The summed E-state index contributed by atoms with van der Waals surface area (Å²) >= 11 is 0. The van der Waals surface area contributed by atoms with Crippen LogP contribution in [0.15, 0.2) is 47.4 Å². The number of aromatic amines is 1. The van der Waals surface area contributed by atoms with Crippen molar-refractivity contribution in [2.75, 3.05) is 46.2 Å². The van der Waals surface area contributed by atoms with Crippen LogP contribution in [0.25, 0.3) is 10.9 Å². The lowest BCUT2D eigenvalue weighted by molar-refractivity contribution is 0.218. The first kappa shape index (κ1) is 21.3. The van der Waals surface area contributed by atoms with Gasteiger partial charge in [0.05, 0.1) is 17.5 Å². The molecule has 3 aromatic rings. The fraction of sp³-hybridized carbons (Fsp3) is 0.417. The molecule has 32 heavy (non-hydrogen) atoms. The molecule has 2 aliphatic rings. The lowest BCUT2D eigenvalue weighted by Gasteiger charge is -2.35. The molecule has 2 aromatic carbocycles. The molecule has 0 amide bonds. The van der Waals surface area contributed by atoms with E-state index in [0.29, 0.717) is 17.3 Å². The first-order chi connectivity index (χ1) is 15.4. The molecule has 1 unspecified atom stereocenters. The molecule has 1 saturated heterocycles. The zero-order valence-corrected chi connectivity index (χ0v) is 19.3. The van der Waals surface area contributed by atoms with E-state index in [1.54, 1.807) is 31.4 Å². The normalized spacial score (nSPS) is 21.2. The Bertz CT molecular complexity index is 1240. The molecule has 2 N–H and O–H groups in total. The molecule has 0 saturated carbocycles. The second-order valence-electron chi connectivity index (χ2n) is 8.77. The summed E-state index contributed by atoms with van der Waals surface area (Å²) in [5.41, 5.74) is 3.82. The lowest BCUT2D eigenvalue weighted by atomic mass is 9.86. The van der Waals surface area contributed by atoms with E-state index in [2.05, 4.69) is 27.3 Å². The highest BCUT2D eigenvalue weighted by atomic mass is 32.2. The van der Waals surface area contributed by atoms with Crippen LogP contribution in [0.3, 0.4) is 0 Å². The van der Waals surface area contributed by atoms with Crippen LogP contribution in [0.2, 0.25) is 0 Å². The van der Waals surface area contributed by atoms with Gasteiger partial charge in [-0.1, -0.05) is 0 Å². The summed E-state index contributed by atoms with van der Waals surface area (Å²) < 4.78 is 34.5. The summed E-state index contributed by atoms with van der Waals surface area (Å²) in [4.78, 5) is 6.43. The van der Waals surface area contributed by atoms with Gasteiger partial charge in [0.1, 0.15) is 18.1 Å². The number of H-pyrrole nitrogens is 1. The van der Waals surface area contributed by atoms with E-state index in [1.807, 2.05) is 6.07 Å². The third kappa shape index (κ3) is 3.87. The predicted molar refractivity (Wildman–Crippen MR) is 124 cm³/mol. The molecule has 7 nitrogen and oxygen atoms in total. The number of nitrogens with one attached hydrogen (secondary N) is 2. The topological polar surface area (TPSA) is 83.7 Å². The molecule has 8 heteroatoms. The van der Waals surface area contributed by atoms with Crippen LogP contribution >= 0.6 is 0 Å². The van der Waals surface area contributed by atoms with Crippen molar-refractivity contribution in [3.63, 3.8) is 0 Å². The smallest absolute Gasteiger partial charge is 0.175 e. The van der Waals surface area contributed by atoms with Crippen LogP contribution in [0, 0.1) is 0 Å². The standard InChI is InChI=1S/C24H29N3O4S/c1-30-18-5-8-22-21(15-18)20-9-11-25-24(23(20)26-22)10-12-27(16-24)13-14-31-17-3-6-19(7-4-17)32(2,28)29/h3-8,15,25-26H,9-14,16H2,1-2H3. The van der Waals surface area contributed by atoms with Gasteiger partial charge in [0, 0.05) is 49.0 Å². The number of sulfone groups is 1. The Balaban J connectivity index is 1.26. The van der Waals surface area contributed by atoms with Gasteiger partial charge in [-0.2, -0.15) is 0 Å². The highest BCUT2D eigenvalue weighted by molar-refractivity contribution is 7.90. The van der Waals surface area contributed by atoms with Crippen LogP contribution < -0.4 is 14.8 Å².